The van der Waals surface area contributed by atoms with E-state index >= 15 is 0 Å². The normalized spacial score (nSPS) is 21.6. The van der Waals surface area contributed by atoms with Crippen LogP contribution in [-0.2, 0) is 14.4 Å². The van der Waals surface area contributed by atoms with Crippen molar-refractivity contribution in [2.24, 2.45) is 5.92 Å². The van der Waals surface area contributed by atoms with Crippen molar-refractivity contribution in [3.63, 3.8) is 0 Å². The molecule has 3 aromatic rings. The van der Waals surface area contributed by atoms with Crippen LogP contribution >= 0.6 is 0 Å². The minimum absolute atomic E-state index is 0.380. The standard InChI is InChI=1S/C26H21F3N2O5/c1-2-34-19-14-10-17(11-15-19)30-24(32)21-22(16-8-12-20(13-9-16)35-26(27,28)29)31(36-23(21)25(30)33)18-6-4-3-5-7-18/h3-15,21-23H,2H2,1H3/t21-,22+,23+/m1/s1. The summed E-state index contributed by atoms with van der Waals surface area (Å²) < 4.78 is 47.3. The van der Waals surface area contributed by atoms with Crippen molar-refractivity contribution in [2.75, 3.05) is 16.6 Å². The van der Waals surface area contributed by atoms with E-state index in [1.807, 2.05) is 13.0 Å². The number of hydrogen-bond acceptors (Lipinski definition) is 6. The predicted octanol–water partition coefficient (Wildman–Crippen LogP) is 5.04. The van der Waals surface area contributed by atoms with Crippen LogP contribution in [0.3, 0.4) is 0 Å². The summed E-state index contributed by atoms with van der Waals surface area (Å²) in [5.74, 6) is -1.69. The maximum absolute atomic E-state index is 13.6. The fourth-order valence-corrected chi connectivity index (χ4v) is 4.53. The molecule has 0 unspecified atom stereocenters. The lowest BCUT2D eigenvalue weighted by Gasteiger charge is -2.29. The van der Waals surface area contributed by atoms with Gasteiger partial charge in [0.1, 0.15) is 17.4 Å². The first-order chi connectivity index (χ1) is 17.3. The number of para-hydroxylation sites is 1. The molecule has 0 radical (unpaired) electrons. The van der Waals surface area contributed by atoms with Crippen LogP contribution in [0.15, 0.2) is 78.9 Å². The summed E-state index contributed by atoms with van der Waals surface area (Å²) in [5.41, 5.74) is 1.47. The van der Waals surface area contributed by atoms with Gasteiger partial charge in [-0.15, -0.1) is 13.2 Å². The maximum atomic E-state index is 13.6. The van der Waals surface area contributed by atoms with Crippen molar-refractivity contribution in [1.29, 1.82) is 0 Å². The van der Waals surface area contributed by atoms with Gasteiger partial charge in [-0.25, -0.2) is 9.96 Å². The number of nitrogens with zero attached hydrogens (tertiary/aromatic N) is 2. The number of halogens is 3. The highest BCUT2D eigenvalue weighted by Crippen LogP contribution is 2.48. The summed E-state index contributed by atoms with van der Waals surface area (Å²) in [5, 5.41) is 1.47. The van der Waals surface area contributed by atoms with Crippen LogP contribution in [0.25, 0.3) is 0 Å². The fraction of sp³-hybridized carbons (Fsp3) is 0.231. The summed E-state index contributed by atoms with van der Waals surface area (Å²) >= 11 is 0. The number of amides is 2. The molecule has 2 saturated heterocycles. The third-order valence-corrected chi connectivity index (χ3v) is 5.99. The highest BCUT2D eigenvalue weighted by atomic mass is 19.4. The first kappa shape index (κ1) is 23.7. The number of alkyl halides is 3. The van der Waals surface area contributed by atoms with Crippen LogP contribution in [-0.4, -0.2) is 30.9 Å². The molecule has 2 fully saturated rings. The predicted molar refractivity (Wildman–Crippen MR) is 123 cm³/mol. The molecule has 3 atom stereocenters. The summed E-state index contributed by atoms with van der Waals surface area (Å²) in [6.07, 6.45) is -5.93. The summed E-state index contributed by atoms with van der Waals surface area (Å²) in [4.78, 5) is 34.1. The van der Waals surface area contributed by atoms with Gasteiger partial charge < -0.3 is 9.47 Å². The van der Waals surface area contributed by atoms with E-state index in [-0.39, 0.29) is 0 Å². The minimum Gasteiger partial charge on any atom is -0.494 e. The van der Waals surface area contributed by atoms with Crippen LogP contribution in [0.4, 0.5) is 24.5 Å². The molecule has 2 aliphatic rings. The van der Waals surface area contributed by atoms with Crippen molar-refractivity contribution in [3.8, 4) is 11.5 Å². The van der Waals surface area contributed by atoms with Crippen molar-refractivity contribution >= 4 is 23.2 Å². The Morgan fingerprint density at radius 2 is 1.47 bits per heavy atom. The topological polar surface area (TPSA) is 68.3 Å². The molecule has 7 nitrogen and oxygen atoms in total. The van der Waals surface area contributed by atoms with Gasteiger partial charge in [0.15, 0.2) is 6.10 Å². The molecular weight excluding hydrogens is 477 g/mol. The number of carbonyl (C=O) groups is 2. The fourth-order valence-electron chi connectivity index (χ4n) is 4.53. The largest absolute Gasteiger partial charge is 0.573 e. The van der Waals surface area contributed by atoms with Gasteiger partial charge in [0.25, 0.3) is 5.91 Å². The van der Waals surface area contributed by atoms with Gasteiger partial charge in [-0.1, -0.05) is 30.3 Å². The van der Waals surface area contributed by atoms with Crippen LogP contribution in [0.1, 0.15) is 18.5 Å². The first-order valence-electron chi connectivity index (χ1n) is 11.2. The number of carbonyl (C=O) groups excluding carboxylic acids is 2. The van der Waals surface area contributed by atoms with Crippen LogP contribution < -0.4 is 19.4 Å². The molecule has 3 aromatic carbocycles. The van der Waals surface area contributed by atoms with Crippen molar-refractivity contribution in [2.45, 2.75) is 25.4 Å². The lowest BCUT2D eigenvalue weighted by Crippen LogP contribution is -2.37. The summed E-state index contributed by atoms with van der Waals surface area (Å²) in [6.45, 7) is 2.32. The molecule has 5 rings (SSSR count). The van der Waals surface area contributed by atoms with Crippen LogP contribution in [0, 0.1) is 5.92 Å². The van der Waals surface area contributed by atoms with Gasteiger partial charge in [0.2, 0.25) is 5.91 Å². The molecule has 0 spiro atoms. The lowest BCUT2D eigenvalue weighted by atomic mass is 9.90. The van der Waals surface area contributed by atoms with Crippen LogP contribution in [0.2, 0.25) is 0 Å². The molecule has 0 saturated carbocycles. The van der Waals surface area contributed by atoms with Gasteiger partial charge >= 0.3 is 6.36 Å². The van der Waals surface area contributed by atoms with E-state index in [2.05, 4.69) is 4.74 Å². The average Bonchev–Trinajstić information content (AvgIpc) is 3.36. The van der Waals surface area contributed by atoms with Crippen LogP contribution in [0.5, 0.6) is 11.5 Å². The van der Waals surface area contributed by atoms with Crippen molar-refractivity contribution in [1.82, 2.24) is 0 Å². The second-order valence-electron chi connectivity index (χ2n) is 8.21. The highest BCUT2D eigenvalue weighted by molar-refractivity contribution is 6.23. The number of ether oxygens (including phenoxy) is 2. The number of anilines is 2. The molecule has 36 heavy (non-hydrogen) atoms. The Kier molecular flexibility index (Phi) is 6.05. The molecule has 2 aliphatic heterocycles. The molecule has 186 valence electrons. The minimum atomic E-state index is -4.83. The maximum Gasteiger partial charge on any atom is 0.573 e. The Bertz CT molecular complexity index is 1250. The number of hydrogen-bond donors (Lipinski definition) is 0. The van der Waals surface area contributed by atoms with Crippen molar-refractivity contribution in [3.05, 3.63) is 84.4 Å². The van der Waals surface area contributed by atoms with E-state index in [0.717, 1.165) is 4.90 Å². The Morgan fingerprint density at radius 1 is 0.833 bits per heavy atom. The molecule has 0 aliphatic carbocycles. The van der Waals surface area contributed by atoms with E-state index in [0.29, 0.717) is 29.3 Å². The van der Waals surface area contributed by atoms with E-state index in [1.54, 1.807) is 48.5 Å². The molecule has 2 heterocycles. The lowest BCUT2D eigenvalue weighted by molar-refractivity contribution is -0.274. The molecule has 0 aromatic heterocycles. The van der Waals surface area contributed by atoms with E-state index in [9.17, 15) is 22.8 Å². The van der Waals surface area contributed by atoms with E-state index in [4.69, 9.17) is 9.57 Å². The van der Waals surface area contributed by atoms with Gasteiger partial charge in [0.05, 0.1) is 24.0 Å². The summed E-state index contributed by atoms with van der Waals surface area (Å²) in [7, 11) is 0. The second-order valence-corrected chi connectivity index (χ2v) is 8.21. The first-order valence-corrected chi connectivity index (χ1v) is 11.2. The number of rotatable bonds is 6. The average molecular weight is 498 g/mol. The SMILES string of the molecule is CCOc1ccc(N2C(=O)[C@H]3[C@H](ON(c4ccccc4)[C@H]3c3ccc(OC(F)(F)F)cc3)C2=O)cc1. The van der Waals surface area contributed by atoms with Gasteiger partial charge in [0, 0.05) is 0 Å². The number of benzene rings is 3. The summed E-state index contributed by atoms with van der Waals surface area (Å²) in [6, 6.07) is 19.9. The molecule has 0 bridgehead atoms. The Hall–Kier alpha value is -4.05. The molecule has 2 amide bonds. The quantitative estimate of drug-likeness (QED) is 0.444. The zero-order valence-corrected chi connectivity index (χ0v) is 19.0. The van der Waals surface area contributed by atoms with Gasteiger partial charge in [-0.05, 0) is 61.0 Å². The van der Waals surface area contributed by atoms with Crippen molar-refractivity contribution < 1.29 is 37.1 Å². The third kappa shape index (κ3) is 4.35. The zero-order valence-electron chi connectivity index (χ0n) is 19.0. The number of imide groups is 1. The molecular formula is C26H21F3N2O5. The molecule has 10 heteroatoms. The zero-order chi connectivity index (χ0) is 25.4. The monoisotopic (exact) mass is 498 g/mol. The Balaban J connectivity index is 1.50. The number of hydroxylamine groups is 1. The van der Waals surface area contributed by atoms with E-state index < -0.39 is 42.0 Å². The second kappa shape index (κ2) is 9.19. The van der Waals surface area contributed by atoms with E-state index in [1.165, 1.54) is 29.3 Å². The van der Waals surface area contributed by atoms with Gasteiger partial charge in [-0.2, -0.15) is 0 Å². The van der Waals surface area contributed by atoms with Gasteiger partial charge in [-0.3, -0.25) is 14.4 Å². The Morgan fingerprint density at radius 3 is 2.08 bits per heavy atom. The highest BCUT2D eigenvalue weighted by Gasteiger charge is 2.60. The number of fused-ring (bicyclic) bond motifs is 1. The molecule has 0 N–H and O–H groups in total. The Labute approximate surface area is 204 Å². The smallest absolute Gasteiger partial charge is 0.494 e. The third-order valence-electron chi connectivity index (χ3n) is 5.99.